The zero-order chi connectivity index (χ0) is 13.5. The fourth-order valence-corrected chi connectivity index (χ4v) is 3.23. The molecular formula is C13H27NO3S. The van der Waals surface area contributed by atoms with Crippen molar-refractivity contribution >= 4 is 9.84 Å². The van der Waals surface area contributed by atoms with Gasteiger partial charge in [-0.1, -0.05) is 6.92 Å². The van der Waals surface area contributed by atoms with Gasteiger partial charge in [0, 0.05) is 31.8 Å². The summed E-state index contributed by atoms with van der Waals surface area (Å²) in [6.07, 6.45) is 6.31. The van der Waals surface area contributed by atoms with Crippen molar-refractivity contribution in [2.75, 3.05) is 38.3 Å². The van der Waals surface area contributed by atoms with Gasteiger partial charge in [-0.25, -0.2) is 8.42 Å². The third-order valence-electron chi connectivity index (χ3n) is 3.70. The van der Waals surface area contributed by atoms with E-state index in [0.29, 0.717) is 5.75 Å². The van der Waals surface area contributed by atoms with Crippen LogP contribution in [0.15, 0.2) is 0 Å². The van der Waals surface area contributed by atoms with Crippen molar-refractivity contribution in [2.45, 2.75) is 39.0 Å². The molecule has 0 bridgehead atoms. The van der Waals surface area contributed by atoms with Crippen LogP contribution >= 0.6 is 0 Å². The Hall–Kier alpha value is -0.130. The fourth-order valence-electron chi connectivity index (χ4n) is 2.56. The van der Waals surface area contributed by atoms with Crippen LogP contribution in [0.1, 0.15) is 39.0 Å². The summed E-state index contributed by atoms with van der Waals surface area (Å²) >= 11 is 0. The monoisotopic (exact) mass is 277 g/mol. The Morgan fingerprint density at radius 3 is 2.50 bits per heavy atom. The largest absolute Gasteiger partial charge is 0.381 e. The lowest BCUT2D eigenvalue weighted by Gasteiger charge is -2.37. The molecular weight excluding hydrogens is 250 g/mol. The molecule has 0 aliphatic carbocycles. The van der Waals surface area contributed by atoms with Gasteiger partial charge in [0.25, 0.3) is 0 Å². The lowest BCUT2D eigenvalue weighted by molar-refractivity contribution is 0.0103. The van der Waals surface area contributed by atoms with E-state index in [1.165, 1.54) is 6.26 Å². The average Bonchev–Trinajstić information content (AvgIpc) is 2.29. The molecule has 1 rings (SSSR count). The number of hydrogen-bond donors (Lipinski definition) is 1. The van der Waals surface area contributed by atoms with Gasteiger partial charge in [0.2, 0.25) is 0 Å². The van der Waals surface area contributed by atoms with Crippen molar-refractivity contribution in [1.82, 2.24) is 5.32 Å². The first kappa shape index (κ1) is 15.9. The van der Waals surface area contributed by atoms with E-state index in [2.05, 4.69) is 12.2 Å². The zero-order valence-corrected chi connectivity index (χ0v) is 12.5. The Morgan fingerprint density at radius 2 is 1.94 bits per heavy atom. The van der Waals surface area contributed by atoms with E-state index in [4.69, 9.17) is 4.74 Å². The number of hydrogen-bond acceptors (Lipinski definition) is 4. The maximum atomic E-state index is 11.2. The first-order chi connectivity index (χ1) is 8.47. The molecule has 5 heteroatoms. The van der Waals surface area contributed by atoms with Crippen LogP contribution in [0, 0.1) is 5.41 Å². The molecule has 1 aliphatic rings. The summed E-state index contributed by atoms with van der Waals surface area (Å²) in [7, 11) is -2.83. The standard InChI is InChI=1S/C13H27NO3S/c1-3-8-14-12-13(6-9-17-10-7-13)5-4-11-18(2,15)16/h14H,3-12H2,1-2H3. The first-order valence-electron chi connectivity index (χ1n) is 6.94. The van der Waals surface area contributed by atoms with Crippen LogP contribution in [0.2, 0.25) is 0 Å². The van der Waals surface area contributed by atoms with E-state index in [1.807, 2.05) is 0 Å². The highest BCUT2D eigenvalue weighted by molar-refractivity contribution is 7.90. The molecule has 108 valence electrons. The van der Waals surface area contributed by atoms with Crippen molar-refractivity contribution in [1.29, 1.82) is 0 Å². The van der Waals surface area contributed by atoms with Crippen LogP contribution in [0.5, 0.6) is 0 Å². The van der Waals surface area contributed by atoms with Crippen molar-refractivity contribution in [2.24, 2.45) is 5.41 Å². The van der Waals surface area contributed by atoms with Crippen LogP contribution in [0.25, 0.3) is 0 Å². The lowest BCUT2D eigenvalue weighted by Crippen LogP contribution is -2.39. The zero-order valence-electron chi connectivity index (χ0n) is 11.7. The summed E-state index contributed by atoms with van der Waals surface area (Å²) in [4.78, 5) is 0. The maximum absolute atomic E-state index is 11.2. The number of sulfone groups is 1. The highest BCUT2D eigenvalue weighted by Gasteiger charge is 2.31. The molecule has 0 aromatic rings. The van der Waals surface area contributed by atoms with Gasteiger partial charge >= 0.3 is 0 Å². The minimum atomic E-state index is -2.83. The van der Waals surface area contributed by atoms with Crippen molar-refractivity contribution in [3.63, 3.8) is 0 Å². The topological polar surface area (TPSA) is 55.4 Å². The molecule has 18 heavy (non-hydrogen) atoms. The second-order valence-corrected chi connectivity index (χ2v) is 7.78. The number of nitrogens with one attached hydrogen (secondary N) is 1. The summed E-state index contributed by atoms with van der Waals surface area (Å²) in [5.41, 5.74) is 0.248. The van der Waals surface area contributed by atoms with E-state index in [0.717, 1.165) is 58.4 Å². The fraction of sp³-hybridized carbons (Fsp3) is 1.00. The molecule has 1 heterocycles. The van der Waals surface area contributed by atoms with E-state index in [-0.39, 0.29) is 5.41 Å². The summed E-state index contributed by atoms with van der Waals surface area (Å²) in [6, 6.07) is 0. The van der Waals surface area contributed by atoms with Crippen LogP contribution in [0.4, 0.5) is 0 Å². The van der Waals surface area contributed by atoms with E-state index in [9.17, 15) is 8.42 Å². The summed E-state index contributed by atoms with van der Waals surface area (Å²) in [6.45, 7) is 5.81. The molecule has 0 saturated carbocycles. The minimum absolute atomic E-state index is 0.248. The van der Waals surface area contributed by atoms with E-state index < -0.39 is 9.84 Å². The van der Waals surface area contributed by atoms with Gasteiger partial charge < -0.3 is 10.1 Å². The van der Waals surface area contributed by atoms with Gasteiger partial charge in [-0.2, -0.15) is 0 Å². The quantitative estimate of drug-likeness (QED) is 0.685. The maximum Gasteiger partial charge on any atom is 0.147 e. The normalized spacial score (nSPS) is 19.9. The Kier molecular flexibility index (Phi) is 6.60. The molecule has 1 aliphatic heterocycles. The van der Waals surface area contributed by atoms with Crippen molar-refractivity contribution in [3.05, 3.63) is 0 Å². The smallest absolute Gasteiger partial charge is 0.147 e. The predicted molar refractivity (Wildman–Crippen MR) is 74.6 cm³/mol. The Morgan fingerprint density at radius 1 is 1.28 bits per heavy atom. The van der Waals surface area contributed by atoms with Crippen molar-refractivity contribution < 1.29 is 13.2 Å². The first-order valence-corrected chi connectivity index (χ1v) is 9.00. The Balaban J connectivity index is 2.43. The molecule has 0 aromatic heterocycles. The minimum Gasteiger partial charge on any atom is -0.381 e. The number of rotatable bonds is 8. The van der Waals surface area contributed by atoms with Crippen LogP contribution in [-0.2, 0) is 14.6 Å². The highest BCUT2D eigenvalue weighted by Crippen LogP contribution is 2.34. The van der Waals surface area contributed by atoms with Gasteiger partial charge in [-0.3, -0.25) is 0 Å². The van der Waals surface area contributed by atoms with Gasteiger partial charge in [0.15, 0.2) is 0 Å². The SMILES string of the molecule is CCCNCC1(CCCS(C)(=O)=O)CCOCC1. The van der Waals surface area contributed by atoms with Gasteiger partial charge in [0.05, 0.1) is 0 Å². The Labute approximate surface area is 111 Å². The lowest BCUT2D eigenvalue weighted by atomic mass is 9.76. The summed E-state index contributed by atoms with van der Waals surface area (Å²) in [5.74, 6) is 0.309. The second kappa shape index (κ2) is 7.46. The van der Waals surface area contributed by atoms with Gasteiger partial charge in [0.1, 0.15) is 9.84 Å². The van der Waals surface area contributed by atoms with E-state index in [1.54, 1.807) is 0 Å². The summed E-state index contributed by atoms with van der Waals surface area (Å²) in [5, 5.41) is 3.49. The molecule has 0 unspecified atom stereocenters. The molecule has 0 amide bonds. The third kappa shape index (κ3) is 6.16. The predicted octanol–water partition coefficient (Wildman–Crippen LogP) is 1.61. The average molecular weight is 277 g/mol. The summed E-state index contributed by atoms with van der Waals surface area (Å²) < 4.78 is 27.8. The second-order valence-electron chi connectivity index (χ2n) is 5.52. The van der Waals surface area contributed by atoms with Crippen LogP contribution in [-0.4, -0.2) is 46.7 Å². The van der Waals surface area contributed by atoms with E-state index >= 15 is 0 Å². The molecule has 1 saturated heterocycles. The van der Waals surface area contributed by atoms with Gasteiger partial charge in [-0.05, 0) is 44.1 Å². The molecule has 1 N–H and O–H groups in total. The van der Waals surface area contributed by atoms with Crippen LogP contribution in [0.3, 0.4) is 0 Å². The van der Waals surface area contributed by atoms with Crippen LogP contribution < -0.4 is 5.32 Å². The molecule has 1 fully saturated rings. The third-order valence-corrected chi connectivity index (χ3v) is 4.73. The molecule has 4 nitrogen and oxygen atoms in total. The van der Waals surface area contributed by atoms with Gasteiger partial charge in [-0.15, -0.1) is 0 Å². The molecule has 0 spiro atoms. The van der Waals surface area contributed by atoms with Crippen molar-refractivity contribution in [3.8, 4) is 0 Å². The number of ether oxygens (including phenoxy) is 1. The molecule has 0 radical (unpaired) electrons. The Bertz CT molecular complexity index is 321. The molecule has 0 atom stereocenters. The highest BCUT2D eigenvalue weighted by atomic mass is 32.2. The molecule has 0 aromatic carbocycles.